The van der Waals surface area contributed by atoms with Crippen LogP contribution < -0.4 is 10.1 Å². The number of carbonyl (C=O) groups excluding carboxylic acids is 2. The minimum Gasteiger partial charge on any atom is -0.491 e. The Morgan fingerprint density at radius 2 is 1.85 bits per heavy atom. The van der Waals surface area contributed by atoms with Gasteiger partial charge in [0.15, 0.2) is 0 Å². The van der Waals surface area contributed by atoms with Gasteiger partial charge in [-0.25, -0.2) is 0 Å². The maximum absolute atomic E-state index is 13.3. The molecule has 2 amide bonds. The molecule has 0 atom stereocenters. The van der Waals surface area contributed by atoms with Gasteiger partial charge < -0.3 is 15.0 Å². The van der Waals surface area contributed by atoms with Gasteiger partial charge in [0.05, 0.1) is 17.5 Å². The number of nitrogens with zero attached hydrogens (tertiary/aromatic N) is 1. The van der Waals surface area contributed by atoms with Crippen molar-refractivity contribution in [2.75, 3.05) is 25.0 Å². The molecule has 4 bridgehead atoms. The highest BCUT2D eigenvalue weighted by atomic mass is 16.5. The Labute approximate surface area is 160 Å². The molecule has 1 aromatic carbocycles. The third-order valence-electron chi connectivity index (χ3n) is 7.28. The average Bonchev–Trinajstić information content (AvgIpc) is 2.79. The third-order valence-corrected chi connectivity index (χ3v) is 7.28. The van der Waals surface area contributed by atoms with Gasteiger partial charge in [-0.05, 0) is 81.4 Å². The van der Waals surface area contributed by atoms with E-state index in [4.69, 9.17) is 4.74 Å². The number of amides is 2. The standard InChI is InChI=1S/C22H28N2O3/c1-2-24-5-6-27-19-4-3-17(10-18(19)20(24)25)23-21(26)22-11-14-7-15(12-22)9-16(8-14)13-22/h3-4,10,14-16H,2,5-9,11-13H2,1H3,(H,23,26). The summed E-state index contributed by atoms with van der Waals surface area (Å²) in [6, 6.07) is 5.48. The van der Waals surface area contributed by atoms with Gasteiger partial charge in [-0.15, -0.1) is 0 Å². The van der Waals surface area contributed by atoms with Crippen molar-refractivity contribution in [1.82, 2.24) is 4.90 Å². The van der Waals surface area contributed by atoms with Crippen molar-refractivity contribution in [2.45, 2.75) is 45.4 Å². The lowest BCUT2D eigenvalue weighted by Gasteiger charge is -2.55. The Bertz CT molecular complexity index is 752. The van der Waals surface area contributed by atoms with Gasteiger partial charge in [0.1, 0.15) is 12.4 Å². The van der Waals surface area contributed by atoms with Crippen LogP contribution in [0.5, 0.6) is 5.75 Å². The molecule has 144 valence electrons. The monoisotopic (exact) mass is 368 g/mol. The predicted molar refractivity (Wildman–Crippen MR) is 103 cm³/mol. The van der Waals surface area contributed by atoms with Gasteiger partial charge in [0, 0.05) is 12.2 Å². The van der Waals surface area contributed by atoms with Gasteiger partial charge in [0.25, 0.3) is 5.91 Å². The van der Waals surface area contributed by atoms with Crippen LogP contribution in [0.15, 0.2) is 18.2 Å². The quantitative estimate of drug-likeness (QED) is 0.885. The van der Waals surface area contributed by atoms with Gasteiger partial charge in [-0.2, -0.15) is 0 Å². The number of benzene rings is 1. The zero-order valence-corrected chi connectivity index (χ0v) is 16.0. The largest absolute Gasteiger partial charge is 0.491 e. The van der Waals surface area contributed by atoms with Crippen molar-refractivity contribution in [1.29, 1.82) is 0 Å². The zero-order chi connectivity index (χ0) is 18.6. The number of carbonyl (C=O) groups is 2. The summed E-state index contributed by atoms with van der Waals surface area (Å²) in [5.74, 6) is 2.97. The molecule has 0 radical (unpaired) electrons. The van der Waals surface area contributed by atoms with Crippen molar-refractivity contribution < 1.29 is 14.3 Å². The predicted octanol–water partition coefficient (Wildman–Crippen LogP) is 3.70. The number of ether oxygens (including phenoxy) is 1. The zero-order valence-electron chi connectivity index (χ0n) is 16.0. The van der Waals surface area contributed by atoms with Crippen molar-refractivity contribution in [2.24, 2.45) is 23.2 Å². The van der Waals surface area contributed by atoms with Gasteiger partial charge in [-0.1, -0.05) is 0 Å². The first-order chi connectivity index (χ1) is 13.1. The summed E-state index contributed by atoms with van der Waals surface area (Å²) >= 11 is 0. The maximum atomic E-state index is 13.3. The molecule has 0 unspecified atom stereocenters. The van der Waals surface area contributed by atoms with Crippen LogP contribution in [0.3, 0.4) is 0 Å². The first-order valence-electron chi connectivity index (χ1n) is 10.4. The minimum atomic E-state index is -0.183. The Morgan fingerprint density at radius 3 is 2.48 bits per heavy atom. The molecule has 0 spiro atoms. The third kappa shape index (κ3) is 2.82. The fourth-order valence-corrected chi connectivity index (χ4v) is 6.39. The second-order valence-corrected chi connectivity index (χ2v) is 9.10. The molecule has 6 rings (SSSR count). The first-order valence-corrected chi connectivity index (χ1v) is 10.4. The van der Waals surface area contributed by atoms with Gasteiger partial charge in [-0.3, -0.25) is 9.59 Å². The molecule has 5 heteroatoms. The van der Waals surface area contributed by atoms with E-state index in [-0.39, 0.29) is 17.2 Å². The SMILES string of the molecule is CCN1CCOc2ccc(NC(=O)C34CC5CC(CC(C5)C3)C4)cc2C1=O. The van der Waals surface area contributed by atoms with Crippen LogP contribution in [0.1, 0.15) is 55.8 Å². The summed E-state index contributed by atoms with van der Waals surface area (Å²) in [5, 5.41) is 3.16. The van der Waals surface area contributed by atoms with E-state index in [1.54, 1.807) is 11.0 Å². The molecule has 1 heterocycles. The summed E-state index contributed by atoms with van der Waals surface area (Å²) in [6.45, 7) is 3.73. The summed E-state index contributed by atoms with van der Waals surface area (Å²) < 4.78 is 5.74. The molecule has 1 N–H and O–H groups in total. The van der Waals surface area contributed by atoms with Crippen molar-refractivity contribution in [3.8, 4) is 5.75 Å². The summed E-state index contributed by atoms with van der Waals surface area (Å²) in [7, 11) is 0. The second kappa shape index (κ2) is 6.25. The van der Waals surface area contributed by atoms with E-state index < -0.39 is 0 Å². The van der Waals surface area contributed by atoms with E-state index in [1.165, 1.54) is 19.3 Å². The Kier molecular flexibility index (Phi) is 3.95. The summed E-state index contributed by atoms with van der Waals surface area (Å²) in [4.78, 5) is 27.8. The highest BCUT2D eigenvalue weighted by molar-refractivity contribution is 6.00. The summed E-state index contributed by atoms with van der Waals surface area (Å²) in [6.07, 6.45) is 7.10. The van der Waals surface area contributed by atoms with E-state index in [1.807, 2.05) is 19.1 Å². The number of hydrogen-bond acceptors (Lipinski definition) is 3. The van der Waals surface area contributed by atoms with Crippen LogP contribution >= 0.6 is 0 Å². The number of nitrogens with one attached hydrogen (secondary N) is 1. The van der Waals surface area contributed by atoms with Crippen LogP contribution in [0.25, 0.3) is 0 Å². The van der Waals surface area contributed by atoms with E-state index in [0.29, 0.717) is 36.7 Å². The first kappa shape index (κ1) is 17.1. The van der Waals surface area contributed by atoms with Crippen LogP contribution in [0.2, 0.25) is 0 Å². The number of hydrogen-bond donors (Lipinski definition) is 1. The Hall–Kier alpha value is -2.04. The number of fused-ring (bicyclic) bond motifs is 1. The number of anilines is 1. The topological polar surface area (TPSA) is 58.6 Å². The molecule has 4 fully saturated rings. The lowest BCUT2D eigenvalue weighted by Crippen LogP contribution is -2.51. The van der Waals surface area contributed by atoms with Crippen LogP contribution in [0, 0.1) is 23.2 Å². The van der Waals surface area contributed by atoms with Crippen molar-refractivity contribution in [3.05, 3.63) is 23.8 Å². The molecule has 1 aromatic rings. The lowest BCUT2D eigenvalue weighted by molar-refractivity contribution is -0.140. The highest BCUT2D eigenvalue weighted by Crippen LogP contribution is 2.60. The average molecular weight is 368 g/mol. The highest BCUT2D eigenvalue weighted by Gasteiger charge is 2.54. The van der Waals surface area contributed by atoms with E-state index >= 15 is 0 Å². The smallest absolute Gasteiger partial charge is 0.257 e. The second-order valence-electron chi connectivity index (χ2n) is 9.10. The number of likely N-dealkylation sites (N-methyl/N-ethyl adjacent to an activating group) is 1. The molecule has 5 nitrogen and oxygen atoms in total. The van der Waals surface area contributed by atoms with Crippen LogP contribution in [0.4, 0.5) is 5.69 Å². The molecule has 27 heavy (non-hydrogen) atoms. The van der Waals surface area contributed by atoms with Gasteiger partial charge in [0.2, 0.25) is 5.91 Å². The molecule has 1 aliphatic heterocycles. The normalized spacial score (nSPS) is 34.0. The van der Waals surface area contributed by atoms with Crippen LogP contribution in [-0.2, 0) is 4.79 Å². The van der Waals surface area contributed by atoms with Crippen molar-refractivity contribution in [3.63, 3.8) is 0 Å². The number of rotatable bonds is 3. The molecule has 5 aliphatic rings. The molecule has 4 aliphatic carbocycles. The maximum Gasteiger partial charge on any atom is 0.257 e. The molecule has 0 saturated heterocycles. The molecule has 4 saturated carbocycles. The van der Waals surface area contributed by atoms with Crippen LogP contribution in [-0.4, -0.2) is 36.4 Å². The molecular formula is C22H28N2O3. The fourth-order valence-electron chi connectivity index (χ4n) is 6.39. The Morgan fingerprint density at radius 1 is 1.19 bits per heavy atom. The van der Waals surface area contributed by atoms with Crippen molar-refractivity contribution >= 4 is 17.5 Å². The van der Waals surface area contributed by atoms with E-state index in [2.05, 4.69) is 5.32 Å². The fraction of sp³-hybridized carbons (Fsp3) is 0.636. The lowest BCUT2D eigenvalue weighted by atomic mass is 9.49. The van der Waals surface area contributed by atoms with E-state index in [0.717, 1.165) is 37.0 Å². The minimum absolute atomic E-state index is 0.0177. The van der Waals surface area contributed by atoms with E-state index in [9.17, 15) is 9.59 Å². The summed E-state index contributed by atoms with van der Waals surface area (Å²) in [5.41, 5.74) is 1.08. The molecular weight excluding hydrogens is 340 g/mol. The Balaban J connectivity index is 1.39. The van der Waals surface area contributed by atoms with Gasteiger partial charge >= 0.3 is 0 Å². The molecule has 0 aromatic heterocycles.